The minimum Gasteiger partial charge on any atom is -0.479 e. The molecule has 2 atom stereocenters. The Hall–Kier alpha value is -0.438. The first-order valence-electron chi connectivity index (χ1n) is 2.24. The minimum absolute atomic E-state index is 0. The van der Waals surface area contributed by atoms with Crippen molar-refractivity contribution in [3.63, 3.8) is 0 Å². The molecule has 0 aromatic carbocycles. The van der Waals surface area contributed by atoms with Crippen LogP contribution < -0.4 is 0 Å². The summed E-state index contributed by atoms with van der Waals surface area (Å²) in [5.74, 6) is -2.44. The average molecular weight is 238 g/mol. The van der Waals surface area contributed by atoms with Crippen LogP contribution in [0.1, 0.15) is 0 Å². The van der Waals surface area contributed by atoms with Crippen LogP contribution in [0.15, 0.2) is 0 Å². The van der Waals surface area contributed by atoms with Crippen LogP contribution in [-0.4, -0.2) is 34.4 Å². The number of carboxylic acids is 2. The van der Waals surface area contributed by atoms with Gasteiger partial charge in [-0.2, -0.15) is 0 Å². The normalized spacial score (nSPS) is 28.4. The van der Waals surface area contributed by atoms with Crippen LogP contribution in [0.3, 0.4) is 0 Å². The van der Waals surface area contributed by atoms with Gasteiger partial charge in [0.05, 0.1) is 0 Å². The van der Waals surface area contributed by atoms with Crippen molar-refractivity contribution in [2.45, 2.75) is 12.2 Å². The Labute approximate surface area is 69.6 Å². The van der Waals surface area contributed by atoms with Gasteiger partial charge in [0.15, 0.2) is 12.2 Å². The molecule has 0 spiro atoms. The zero-order valence-corrected chi connectivity index (χ0v) is 6.14. The van der Waals surface area contributed by atoms with Crippen molar-refractivity contribution in [3.05, 3.63) is 0 Å². The Balaban J connectivity index is 0.000000810. The molecule has 0 aliphatic carbocycles. The van der Waals surface area contributed by atoms with E-state index < -0.39 is 24.1 Å². The number of carboxylic acid groups (broad SMARTS) is 2. The fraction of sp³-hybridized carbons (Fsp3) is 0.500. The van der Waals surface area contributed by atoms with Gasteiger partial charge in [-0.15, -0.1) is 0 Å². The summed E-state index contributed by atoms with van der Waals surface area (Å²) < 4.78 is 4.24. The van der Waals surface area contributed by atoms with Crippen LogP contribution in [0.2, 0.25) is 0 Å². The van der Waals surface area contributed by atoms with E-state index in [0.29, 0.717) is 0 Å². The third-order valence-electron chi connectivity index (χ3n) is 0.978. The minimum atomic E-state index is -1.22. The maximum atomic E-state index is 9.89. The number of hydrogen-bond acceptors (Lipinski definition) is 3. The predicted molar refractivity (Wildman–Crippen MR) is 23.9 cm³/mol. The molecule has 0 saturated carbocycles. The SMILES string of the molecule is O=C(O)C1OC1C(=O)O.[Pd]. The summed E-state index contributed by atoms with van der Waals surface area (Å²) in [6.07, 6.45) is -2.25. The Kier molecular flexibility index (Phi) is 2.97. The van der Waals surface area contributed by atoms with Gasteiger partial charge in [0.2, 0.25) is 0 Å². The third kappa shape index (κ3) is 1.77. The molecule has 2 N–H and O–H groups in total. The van der Waals surface area contributed by atoms with Gasteiger partial charge >= 0.3 is 11.9 Å². The van der Waals surface area contributed by atoms with Crippen molar-refractivity contribution >= 4 is 11.9 Å². The number of carbonyl (C=O) groups is 2. The Bertz CT molecular complexity index is 149. The van der Waals surface area contributed by atoms with Crippen molar-refractivity contribution in [2.75, 3.05) is 0 Å². The summed E-state index contributed by atoms with van der Waals surface area (Å²) in [6, 6.07) is 0. The number of aliphatic carboxylic acids is 2. The van der Waals surface area contributed by atoms with Gasteiger partial charge < -0.3 is 14.9 Å². The number of epoxide rings is 1. The van der Waals surface area contributed by atoms with Crippen LogP contribution in [0.5, 0.6) is 0 Å². The van der Waals surface area contributed by atoms with E-state index in [1.54, 1.807) is 0 Å². The molecule has 6 heteroatoms. The van der Waals surface area contributed by atoms with Crippen molar-refractivity contribution in [3.8, 4) is 0 Å². The topological polar surface area (TPSA) is 87.1 Å². The van der Waals surface area contributed by atoms with Gasteiger partial charge in [-0.3, -0.25) is 0 Å². The molecule has 1 saturated heterocycles. The summed E-state index contributed by atoms with van der Waals surface area (Å²) >= 11 is 0. The fourth-order valence-electron chi connectivity index (χ4n) is 0.488. The molecule has 1 fully saturated rings. The number of hydrogen-bond donors (Lipinski definition) is 2. The third-order valence-corrected chi connectivity index (χ3v) is 0.978. The summed E-state index contributed by atoms with van der Waals surface area (Å²) in [5.41, 5.74) is 0. The molecule has 0 radical (unpaired) electrons. The zero-order valence-electron chi connectivity index (χ0n) is 4.59. The fourth-order valence-corrected chi connectivity index (χ4v) is 0.488. The van der Waals surface area contributed by atoms with Crippen LogP contribution >= 0.6 is 0 Å². The smallest absolute Gasteiger partial charge is 0.336 e. The second kappa shape index (κ2) is 3.10. The van der Waals surface area contributed by atoms with Crippen LogP contribution in [0.4, 0.5) is 0 Å². The predicted octanol–water partition coefficient (Wildman–Crippen LogP) is -1.08. The first kappa shape index (κ1) is 9.56. The van der Waals surface area contributed by atoms with E-state index >= 15 is 0 Å². The first-order valence-corrected chi connectivity index (χ1v) is 2.24. The number of rotatable bonds is 2. The molecule has 0 amide bonds. The van der Waals surface area contributed by atoms with E-state index in [0.717, 1.165) is 0 Å². The second-order valence-corrected chi connectivity index (χ2v) is 1.65. The Morgan fingerprint density at radius 1 is 1.10 bits per heavy atom. The van der Waals surface area contributed by atoms with E-state index in [4.69, 9.17) is 10.2 Å². The number of ether oxygens (including phenoxy) is 1. The monoisotopic (exact) mass is 238 g/mol. The zero-order chi connectivity index (χ0) is 7.02. The van der Waals surface area contributed by atoms with E-state index in [1.807, 2.05) is 0 Å². The van der Waals surface area contributed by atoms with Gasteiger partial charge in [-0.25, -0.2) is 9.59 Å². The van der Waals surface area contributed by atoms with Crippen molar-refractivity contribution < 1.29 is 45.0 Å². The van der Waals surface area contributed by atoms with E-state index in [2.05, 4.69) is 4.74 Å². The molecular weight excluding hydrogens is 234 g/mol. The molecule has 2 unspecified atom stereocenters. The van der Waals surface area contributed by atoms with Crippen molar-refractivity contribution in [1.82, 2.24) is 0 Å². The first-order chi connectivity index (χ1) is 4.13. The molecular formula is C4H4O5Pd. The van der Waals surface area contributed by atoms with E-state index in [9.17, 15) is 9.59 Å². The van der Waals surface area contributed by atoms with Gasteiger partial charge in [0, 0.05) is 20.4 Å². The molecule has 60 valence electrons. The second-order valence-electron chi connectivity index (χ2n) is 1.65. The standard InChI is InChI=1S/C4H4O5.Pd/c5-3(6)1-2(9-1)4(7)8;/h1-2H,(H,5,6)(H,7,8);. The van der Waals surface area contributed by atoms with Gasteiger partial charge in [-0.1, -0.05) is 0 Å². The molecule has 1 heterocycles. The average Bonchev–Trinajstić information content (AvgIpc) is 2.39. The summed E-state index contributed by atoms with van der Waals surface area (Å²) in [5, 5.41) is 16.2. The van der Waals surface area contributed by atoms with Gasteiger partial charge in [0.1, 0.15) is 0 Å². The van der Waals surface area contributed by atoms with Crippen molar-refractivity contribution in [1.29, 1.82) is 0 Å². The van der Waals surface area contributed by atoms with E-state index in [1.165, 1.54) is 0 Å². The molecule has 0 aromatic heterocycles. The van der Waals surface area contributed by atoms with Crippen molar-refractivity contribution in [2.24, 2.45) is 0 Å². The molecule has 5 nitrogen and oxygen atoms in total. The molecule has 0 bridgehead atoms. The largest absolute Gasteiger partial charge is 0.479 e. The molecule has 1 rings (SSSR count). The molecule has 10 heavy (non-hydrogen) atoms. The molecule has 1 aliphatic heterocycles. The van der Waals surface area contributed by atoms with E-state index in [-0.39, 0.29) is 20.4 Å². The maximum Gasteiger partial charge on any atom is 0.336 e. The Morgan fingerprint density at radius 2 is 1.40 bits per heavy atom. The quantitative estimate of drug-likeness (QED) is 0.472. The van der Waals surface area contributed by atoms with Gasteiger partial charge in [0.25, 0.3) is 0 Å². The summed E-state index contributed by atoms with van der Waals surface area (Å²) in [6.45, 7) is 0. The molecule has 1 aliphatic rings. The maximum absolute atomic E-state index is 9.89. The van der Waals surface area contributed by atoms with Crippen LogP contribution in [0, 0.1) is 0 Å². The molecule has 0 aromatic rings. The van der Waals surface area contributed by atoms with Crippen LogP contribution in [0.25, 0.3) is 0 Å². The Morgan fingerprint density at radius 3 is 1.50 bits per heavy atom. The van der Waals surface area contributed by atoms with Crippen LogP contribution in [-0.2, 0) is 34.7 Å². The van der Waals surface area contributed by atoms with Gasteiger partial charge in [-0.05, 0) is 0 Å². The summed E-state index contributed by atoms with van der Waals surface area (Å²) in [4.78, 5) is 19.8. The summed E-state index contributed by atoms with van der Waals surface area (Å²) in [7, 11) is 0.